The van der Waals surface area contributed by atoms with Crippen LogP contribution in [-0.4, -0.2) is 66.3 Å². The maximum atomic E-state index is 10.5. The first-order valence-electron chi connectivity index (χ1n) is 12.1. The van der Waals surface area contributed by atoms with E-state index in [1.165, 1.54) is 0 Å². The number of nitrogens with zero attached hydrogens (tertiary/aromatic N) is 1. The number of nitrogens with one attached hydrogen (secondary N) is 1. The molecule has 0 saturated carbocycles. The lowest BCUT2D eigenvalue weighted by Gasteiger charge is -2.15. The standard InChI is InChI=1S/C30H36N2O5/c1-32(2)25-12-7-22(8-13-25)6-10-24-11-14-27(34-3)19-29(24)37-21-26(33)20-31-17-16-23-9-15-28(35-4)30(18-23)36-5/h7-9,11-15,18-19,26,31,33H,16-17,20-21H2,1-5H3. The Morgan fingerprint density at radius 3 is 2.27 bits per heavy atom. The van der Waals surface area contributed by atoms with Crippen LogP contribution >= 0.6 is 0 Å². The normalized spacial score (nSPS) is 11.2. The Morgan fingerprint density at radius 1 is 0.838 bits per heavy atom. The van der Waals surface area contributed by atoms with Gasteiger partial charge in [0, 0.05) is 38.0 Å². The molecular formula is C30H36N2O5. The Labute approximate surface area is 219 Å². The van der Waals surface area contributed by atoms with E-state index < -0.39 is 6.10 Å². The summed E-state index contributed by atoms with van der Waals surface area (Å²) in [6.07, 6.45) is 0.106. The number of aliphatic hydroxyl groups is 1. The molecule has 3 aromatic carbocycles. The van der Waals surface area contributed by atoms with Gasteiger partial charge in [-0.05, 0) is 67.1 Å². The summed E-state index contributed by atoms with van der Waals surface area (Å²) in [7, 11) is 8.85. The Hall–Kier alpha value is -3.86. The minimum atomic E-state index is -0.684. The van der Waals surface area contributed by atoms with E-state index in [0.29, 0.717) is 36.1 Å². The third-order valence-electron chi connectivity index (χ3n) is 5.76. The molecule has 0 fully saturated rings. The maximum Gasteiger partial charge on any atom is 0.160 e. The average Bonchev–Trinajstić information content (AvgIpc) is 2.93. The molecule has 0 radical (unpaired) electrons. The van der Waals surface area contributed by atoms with Crippen molar-refractivity contribution in [3.63, 3.8) is 0 Å². The zero-order valence-electron chi connectivity index (χ0n) is 22.2. The van der Waals surface area contributed by atoms with Crippen molar-refractivity contribution in [3.05, 3.63) is 77.4 Å². The topological polar surface area (TPSA) is 72.4 Å². The number of rotatable bonds is 12. The highest BCUT2D eigenvalue weighted by atomic mass is 16.5. The number of methoxy groups -OCH3 is 3. The number of benzene rings is 3. The molecule has 37 heavy (non-hydrogen) atoms. The van der Waals surface area contributed by atoms with Crippen LogP contribution in [0.5, 0.6) is 23.0 Å². The number of anilines is 1. The predicted octanol–water partition coefficient (Wildman–Crippen LogP) is 3.75. The maximum absolute atomic E-state index is 10.5. The van der Waals surface area contributed by atoms with Crippen molar-refractivity contribution in [2.45, 2.75) is 12.5 Å². The van der Waals surface area contributed by atoms with Crippen molar-refractivity contribution in [1.29, 1.82) is 0 Å². The summed E-state index contributed by atoms with van der Waals surface area (Å²) >= 11 is 0. The molecule has 7 heteroatoms. The van der Waals surface area contributed by atoms with Gasteiger partial charge < -0.3 is 34.3 Å². The Bertz CT molecular complexity index is 1200. The fourth-order valence-corrected chi connectivity index (χ4v) is 3.62. The van der Waals surface area contributed by atoms with Crippen LogP contribution in [0.2, 0.25) is 0 Å². The van der Waals surface area contributed by atoms with Crippen molar-refractivity contribution < 1.29 is 24.1 Å². The highest BCUT2D eigenvalue weighted by Gasteiger charge is 2.10. The van der Waals surface area contributed by atoms with Crippen molar-refractivity contribution in [3.8, 4) is 34.8 Å². The summed E-state index contributed by atoms with van der Waals surface area (Å²) in [5.74, 6) is 9.01. The minimum Gasteiger partial charge on any atom is -0.497 e. The molecule has 0 heterocycles. The largest absolute Gasteiger partial charge is 0.497 e. The highest BCUT2D eigenvalue weighted by molar-refractivity contribution is 5.54. The number of aliphatic hydroxyl groups excluding tert-OH is 1. The lowest BCUT2D eigenvalue weighted by Crippen LogP contribution is -2.32. The van der Waals surface area contributed by atoms with E-state index in [2.05, 4.69) is 17.2 Å². The molecule has 3 rings (SSSR count). The van der Waals surface area contributed by atoms with Crippen LogP contribution in [0, 0.1) is 11.8 Å². The van der Waals surface area contributed by atoms with Crippen molar-refractivity contribution >= 4 is 5.69 Å². The quantitative estimate of drug-likeness (QED) is 0.288. The first-order valence-corrected chi connectivity index (χ1v) is 12.1. The van der Waals surface area contributed by atoms with E-state index in [0.717, 1.165) is 28.8 Å². The second-order valence-corrected chi connectivity index (χ2v) is 8.66. The number of ether oxygens (including phenoxy) is 4. The zero-order valence-corrected chi connectivity index (χ0v) is 22.2. The fraction of sp³-hybridized carbons (Fsp3) is 0.333. The van der Waals surface area contributed by atoms with Gasteiger partial charge in [-0.2, -0.15) is 0 Å². The summed E-state index contributed by atoms with van der Waals surface area (Å²) < 4.78 is 21.9. The highest BCUT2D eigenvalue weighted by Crippen LogP contribution is 2.27. The second kappa shape index (κ2) is 14.0. The van der Waals surface area contributed by atoms with Crippen LogP contribution < -0.4 is 29.2 Å². The summed E-state index contributed by atoms with van der Waals surface area (Å²) in [5, 5.41) is 13.7. The van der Waals surface area contributed by atoms with Gasteiger partial charge in [-0.15, -0.1) is 0 Å². The molecule has 0 bridgehead atoms. The van der Waals surface area contributed by atoms with E-state index in [-0.39, 0.29) is 6.61 Å². The van der Waals surface area contributed by atoms with Crippen molar-refractivity contribution in [1.82, 2.24) is 5.32 Å². The van der Waals surface area contributed by atoms with Gasteiger partial charge in [0.1, 0.15) is 24.2 Å². The Balaban J connectivity index is 1.54. The average molecular weight is 505 g/mol. The first kappa shape index (κ1) is 27.7. The van der Waals surface area contributed by atoms with Crippen LogP contribution in [0.15, 0.2) is 60.7 Å². The SMILES string of the molecule is COc1ccc(C#Cc2ccc(N(C)C)cc2)c(OCC(O)CNCCc2ccc(OC)c(OC)c2)c1. The van der Waals surface area contributed by atoms with Gasteiger partial charge >= 0.3 is 0 Å². The molecule has 1 atom stereocenters. The third kappa shape index (κ3) is 8.35. The van der Waals surface area contributed by atoms with E-state index in [9.17, 15) is 5.11 Å². The van der Waals surface area contributed by atoms with Crippen molar-refractivity contribution in [2.24, 2.45) is 0 Å². The van der Waals surface area contributed by atoms with Crippen LogP contribution in [0.3, 0.4) is 0 Å². The van der Waals surface area contributed by atoms with Gasteiger partial charge in [-0.1, -0.05) is 17.9 Å². The Kier molecular flexibility index (Phi) is 10.5. The van der Waals surface area contributed by atoms with E-state index >= 15 is 0 Å². The summed E-state index contributed by atoms with van der Waals surface area (Å²) in [6, 6.07) is 19.4. The smallest absolute Gasteiger partial charge is 0.160 e. The molecular weight excluding hydrogens is 468 g/mol. The Morgan fingerprint density at radius 2 is 1.59 bits per heavy atom. The van der Waals surface area contributed by atoms with Gasteiger partial charge in [0.25, 0.3) is 0 Å². The summed E-state index contributed by atoms with van der Waals surface area (Å²) in [5.41, 5.74) is 3.87. The molecule has 0 spiro atoms. The molecule has 2 N–H and O–H groups in total. The minimum absolute atomic E-state index is 0.128. The summed E-state index contributed by atoms with van der Waals surface area (Å²) in [6.45, 7) is 1.23. The van der Waals surface area contributed by atoms with Gasteiger partial charge in [-0.25, -0.2) is 0 Å². The molecule has 0 aliphatic carbocycles. The van der Waals surface area contributed by atoms with Gasteiger partial charge in [-0.3, -0.25) is 0 Å². The van der Waals surface area contributed by atoms with Gasteiger partial charge in [0.05, 0.1) is 26.9 Å². The molecule has 0 aromatic heterocycles. The monoisotopic (exact) mass is 504 g/mol. The van der Waals surface area contributed by atoms with Gasteiger partial charge in [0.2, 0.25) is 0 Å². The van der Waals surface area contributed by atoms with E-state index in [1.54, 1.807) is 27.4 Å². The molecule has 0 amide bonds. The second-order valence-electron chi connectivity index (χ2n) is 8.66. The van der Waals surface area contributed by atoms with Gasteiger partial charge in [0.15, 0.2) is 11.5 Å². The third-order valence-corrected chi connectivity index (χ3v) is 5.76. The number of hydrogen-bond donors (Lipinski definition) is 2. The fourth-order valence-electron chi connectivity index (χ4n) is 3.62. The lowest BCUT2D eigenvalue weighted by atomic mass is 10.1. The molecule has 196 valence electrons. The van der Waals surface area contributed by atoms with Crippen LogP contribution in [0.1, 0.15) is 16.7 Å². The van der Waals surface area contributed by atoms with E-state index in [4.69, 9.17) is 18.9 Å². The molecule has 1 unspecified atom stereocenters. The first-order chi connectivity index (χ1) is 17.9. The van der Waals surface area contributed by atoms with Crippen LogP contribution in [-0.2, 0) is 6.42 Å². The predicted molar refractivity (Wildman–Crippen MR) is 147 cm³/mol. The zero-order chi connectivity index (χ0) is 26.6. The molecule has 0 aliphatic rings. The molecule has 7 nitrogen and oxygen atoms in total. The lowest BCUT2D eigenvalue weighted by molar-refractivity contribution is 0.106. The molecule has 0 saturated heterocycles. The van der Waals surface area contributed by atoms with E-state index in [1.807, 2.05) is 73.6 Å². The molecule has 3 aromatic rings. The van der Waals surface area contributed by atoms with Crippen LogP contribution in [0.4, 0.5) is 5.69 Å². The number of hydrogen-bond acceptors (Lipinski definition) is 7. The molecule has 0 aliphatic heterocycles. The van der Waals surface area contributed by atoms with Crippen molar-refractivity contribution in [2.75, 3.05) is 60.0 Å². The van der Waals surface area contributed by atoms with Crippen LogP contribution in [0.25, 0.3) is 0 Å². The summed E-state index contributed by atoms with van der Waals surface area (Å²) in [4.78, 5) is 2.04.